The Kier molecular flexibility index (Phi) is 8.38. The average Bonchev–Trinajstić information content (AvgIpc) is 2.08. The van der Waals surface area contributed by atoms with Gasteiger partial charge in [-0.05, 0) is 20.3 Å². The molecule has 0 fully saturated rings. The van der Waals surface area contributed by atoms with Crippen LogP contribution < -0.4 is 0 Å². The SMILES string of the molecule is CC(=O)CCSSC(C)CCC(C)=O. The molecule has 0 aliphatic heterocycles. The molecule has 0 aromatic carbocycles. The van der Waals surface area contributed by atoms with Crippen molar-refractivity contribution >= 4 is 33.2 Å². The Labute approximate surface area is 94.0 Å². The van der Waals surface area contributed by atoms with Gasteiger partial charge in [-0.1, -0.05) is 28.5 Å². The monoisotopic (exact) mass is 234 g/mol. The number of rotatable bonds is 8. The van der Waals surface area contributed by atoms with E-state index in [0.29, 0.717) is 18.1 Å². The molecule has 0 aromatic rings. The van der Waals surface area contributed by atoms with E-state index < -0.39 is 0 Å². The Morgan fingerprint density at radius 2 is 1.71 bits per heavy atom. The molecular formula is C10H18O2S2. The lowest BCUT2D eigenvalue weighted by Crippen LogP contribution is -1.99. The molecule has 0 saturated carbocycles. The van der Waals surface area contributed by atoms with Gasteiger partial charge >= 0.3 is 0 Å². The van der Waals surface area contributed by atoms with Gasteiger partial charge in [0, 0.05) is 23.8 Å². The van der Waals surface area contributed by atoms with Crippen LogP contribution in [0.25, 0.3) is 0 Å². The summed E-state index contributed by atoms with van der Waals surface area (Å²) in [5, 5.41) is 0.496. The van der Waals surface area contributed by atoms with Crippen LogP contribution in [-0.2, 0) is 9.59 Å². The minimum atomic E-state index is 0.245. The second-order valence-electron chi connectivity index (χ2n) is 3.42. The summed E-state index contributed by atoms with van der Waals surface area (Å²) in [6.07, 6.45) is 2.26. The molecule has 0 radical (unpaired) electrons. The summed E-state index contributed by atoms with van der Waals surface area (Å²) >= 11 is 0. The van der Waals surface area contributed by atoms with E-state index in [0.717, 1.165) is 12.2 Å². The van der Waals surface area contributed by atoms with Crippen LogP contribution in [0.2, 0.25) is 0 Å². The van der Waals surface area contributed by atoms with Crippen molar-refractivity contribution < 1.29 is 9.59 Å². The molecule has 14 heavy (non-hydrogen) atoms. The summed E-state index contributed by atoms with van der Waals surface area (Å²) < 4.78 is 0. The number of ketones is 2. The van der Waals surface area contributed by atoms with Gasteiger partial charge < -0.3 is 4.79 Å². The largest absolute Gasteiger partial charge is 0.300 e. The maximum atomic E-state index is 10.7. The fraction of sp³-hybridized carbons (Fsp3) is 0.800. The highest BCUT2D eigenvalue weighted by atomic mass is 33.1. The lowest BCUT2D eigenvalue weighted by atomic mass is 10.2. The molecule has 0 spiro atoms. The molecule has 0 aliphatic carbocycles. The number of Topliss-reactive ketones (excluding diaryl/α,β-unsaturated/α-hetero) is 2. The molecule has 4 heteroatoms. The van der Waals surface area contributed by atoms with E-state index >= 15 is 0 Å². The molecular weight excluding hydrogens is 216 g/mol. The maximum absolute atomic E-state index is 10.7. The first kappa shape index (κ1) is 14.0. The van der Waals surface area contributed by atoms with Crippen LogP contribution in [0.4, 0.5) is 0 Å². The Bertz CT molecular complexity index is 193. The zero-order valence-electron chi connectivity index (χ0n) is 9.04. The summed E-state index contributed by atoms with van der Waals surface area (Å²) in [5.41, 5.74) is 0. The highest BCUT2D eigenvalue weighted by Gasteiger charge is 2.05. The molecule has 0 heterocycles. The summed E-state index contributed by atoms with van der Waals surface area (Å²) in [7, 11) is 3.50. The first-order chi connectivity index (χ1) is 6.52. The predicted octanol–water partition coefficient (Wildman–Crippen LogP) is 3.10. The van der Waals surface area contributed by atoms with E-state index in [2.05, 4.69) is 6.92 Å². The molecule has 0 rings (SSSR count). The summed E-state index contributed by atoms with van der Waals surface area (Å²) in [4.78, 5) is 21.3. The Morgan fingerprint density at radius 3 is 2.21 bits per heavy atom. The number of carbonyl (C=O) groups is 2. The van der Waals surface area contributed by atoms with Crippen molar-refractivity contribution in [1.29, 1.82) is 0 Å². The fourth-order valence-electron chi connectivity index (χ4n) is 0.804. The summed E-state index contributed by atoms with van der Waals surface area (Å²) in [6.45, 7) is 5.36. The average molecular weight is 234 g/mol. The Hall–Kier alpha value is 0.0400. The molecule has 0 saturated heterocycles. The van der Waals surface area contributed by atoms with Crippen molar-refractivity contribution in [3.63, 3.8) is 0 Å². The molecule has 0 aliphatic rings. The van der Waals surface area contributed by atoms with Gasteiger partial charge in [0.2, 0.25) is 0 Å². The minimum Gasteiger partial charge on any atom is -0.300 e. The second-order valence-corrected chi connectivity index (χ2v) is 6.35. The zero-order chi connectivity index (χ0) is 11.0. The van der Waals surface area contributed by atoms with Gasteiger partial charge in [0.25, 0.3) is 0 Å². The van der Waals surface area contributed by atoms with Crippen molar-refractivity contribution in [2.24, 2.45) is 0 Å². The van der Waals surface area contributed by atoms with E-state index in [-0.39, 0.29) is 11.6 Å². The van der Waals surface area contributed by atoms with Gasteiger partial charge in [-0.2, -0.15) is 0 Å². The van der Waals surface area contributed by atoms with Crippen LogP contribution >= 0.6 is 21.6 Å². The third kappa shape index (κ3) is 10.1. The van der Waals surface area contributed by atoms with Crippen LogP contribution in [0.5, 0.6) is 0 Å². The Morgan fingerprint density at radius 1 is 1.14 bits per heavy atom. The molecule has 82 valence electrons. The summed E-state index contributed by atoms with van der Waals surface area (Å²) in [6, 6.07) is 0. The number of hydrogen-bond donors (Lipinski definition) is 0. The van der Waals surface area contributed by atoms with Gasteiger partial charge in [0.1, 0.15) is 11.6 Å². The van der Waals surface area contributed by atoms with Crippen LogP contribution in [0, 0.1) is 0 Å². The first-order valence-electron chi connectivity index (χ1n) is 4.79. The molecule has 0 aromatic heterocycles. The highest BCUT2D eigenvalue weighted by Crippen LogP contribution is 2.29. The van der Waals surface area contributed by atoms with E-state index in [4.69, 9.17) is 0 Å². The third-order valence-corrected chi connectivity index (χ3v) is 4.64. The molecule has 1 unspecified atom stereocenters. The standard InChI is InChI=1S/C10H18O2S2/c1-8(11)4-5-10(3)14-13-7-6-9(2)12/h10H,4-7H2,1-3H3. The zero-order valence-corrected chi connectivity index (χ0v) is 10.7. The van der Waals surface area contributed by atoms with Gasteiger partial charge in [0.15, 0.2) is 0 Å². The van der Waals surface area contributed by atoms with Crippen LogP contribution in [-0.4, -0.2) is 22.6 Å². The smallest absolute Gasteiger partial charge is 0.130 e. The molecule has 0 bridgehead atoms. The van der Waals surface area contributed by atoms with Crippen molar-refractivity contribution in [2.75, 3.05) is 5.75 Å². The Balaban J connectivity index is 3.30. The lowest BCUT2D eigenvalue weighted by Gasteiger charge is -2.08. The van der Waals surface area contributed by atoms with Gasteiger partial charge in [-0.3, -0.25) is 4.79 Å². The van der Waals surface area contributed by atoms with Crippen molar-refractivity contribution in [3.05, 3.63) is 0 Å². The molecule has 0 N–H and O–H groups in total. The van der Waals surface area contributed by atoms with Gasteiger partial charge in [0.05, 0.1) is 0 Å². The van der Waals surface area contributed by atoms with Crippen molar-refractivity contribution in [3.8, 4) is 0 Å². The molecule has 0 amide bonds. The molecule has 2 nitrogen and oxygen atoms in total. The predicted molar refractivity (Wildman–Crippen MR) is 64.7 cm³/mol. The number of hydrogen-bond acceptors (Lipinski definition) is 4. The van der Waals surface area contributed by atoms with Gasteiger partial charge in [-0.15, -0.1) is 0 Å². The minimum absolute atomic E-state index is 0.245. The van der Waals surface area contributed by atoms with Crippen LogP contribution in [0.15, 0.2) is 0 Å². The topological polar surface area (TPSA) is 34.1 Å². The second kappa shape index (κ2) is 8.36. The van der Waals surface area contributed by atoms with Crippen LogP contribution in [0.1, 0.15) is 40.0 Å². The normalized spacial score (nSPS) is 12.5. The third-order valence-electron chi connectivity index (χ3n) is 1.67. The van der Waals surface area contributed by atoms with Crippen molar-refractivity contribution in [2.45, 2.75) is 45.3 Å². The quantitative estimate of drug-likeness (QED) is 0.477. The highest BCUT2D eigenvalue weighted by molar-refractivity contribution is 8.76. The van der Waals surface area contributed by atoms with E-state index in [1.165, 1.54) is 0 Å². The first-order valence-corrected chi connectivity index (χ1v) is 7.17. The molecule has 1 atom stereocenters. The summed E-state index contributed by atoms with van der Waals surface area (Å²) in [5.74, 6) is 1.38. The van der Waals surface area contributed by atoms with Crippen molar-refractivity contribution in [1.82, 2.24) is 0 Å². The van der Waals surface area contributed by atoms with E-state index in [9.17, 15) is 9.59 Å². The fourth-order valence-corrected chi connectivity index (χ4v) is 3.24. The van der Waals surface area contributed by atoms with E-state index in [1.54, 1.807) is 35.4 Å². The van der Waals surface area contributed by atoms with E-state index in [1.807, 2.05) is 0 Å². The lowest BCUT2D eigenvalue weighted by molar-refractivity contribution is -0.117. The number of carbonyl (C=O) groups excluding carboxylic acids is 2. The maximum Gasteiger partial charge on any atom is 0.130 e. The van der Waals surface area contributed by atoms with Gasteiger partial charge in [-0.25, -0.2) is 0 Å². The van der Waals surface area contributed by atoms with Crippen LogP contribution in [0.3, 0.4) is 0 Å².